The molecule has 0 spiro atoms. The summed E-state index contributed by atoms with van der Waals surface area (Å²) in [6.45, 7) is 9.57. The number of hydrogen-bond donors (Lipinski definition) is 1. The van der Waals surface area contributed by atoms with Crippen LogP contribution < -0.4 is 5.32 Å². The molecule has 0 aromatic heterocycles. The number of unbranched alkanes of at least 4 members (excludes halogenated alkanes) is 1. The Kier molecular flexibility index (Phi) is 7.61. The highest BCUT2D eigenvalue weighted by molar-refractivity contribution is 7.89. The standard InChI is InChI=1S/C19H31N3O3S/c1-4-5-11-22(12-8-19(23)21-13-9-20-10-14-21)26(24,25)18-7-6-16(2)17(3)15-18/h6-7,15,20H,4-5,8-14H2,1-3H3. The molecule has 0 aliphatic carbocycles. The van der Waals surface area contributed by atoms with E-state index in [1.165, 1.54) is 4.31 Å². The van der Waals surface area contributed by atoms with E-state index in [0.29, 0.717) is 24.5 Å². The number of rotatable bonds is 8. The van der Waals surface area contributed by atoms with Crippen molar-refractivity contribution < 1.29 is 13.2 Å². The molecule has 2 rings (SSSR count). The monoisotopic (exact) mass is 381 g/mol. The Morgan fingerprint density at radius 2 is 1.85 bits per heavy atom. The van der Waals surface area contributed by atoms with Crippen molar-refractivity contribution in [3.63, 3.8) is 0 Å². The predicted octanol–water partition coefficient (Wildman–Crippen LogP) is 1.92. The van der Waals surface area contributed by atoms with E-state index in [-0.39, 0.29) is 18.9 Å². The maximum atomic E-state index is 13.1. The van der Waals surface area contributed by atoms with E-state index in [4.69, 9.17) is 0 Å². The second-order valence-corrected chi connectivity index (χ2v) is 8.82. The van der Waals surface area contributed by atoms with Gasteiger partial charge in [0.15, 0.2) is 0 Å². The van der Waals surface area contributed by atoms with Gasteiger partial charge < -0.3 is 10.2 Å². The van der Waals surface area contributed by atoms with Crippen LogP contribution in [0.2, 0.25) is 0 Å². The van der Waals surface area contributed by atoms with Gasteiger partial charge >= 0.3 is 0 Å². The second-order valence-electron chi connectivity index (χ2n) is 6.88. The third-order valence-electron chi connectivity index (χ3n) is 4.92. The normalized spacial score (nSPS) is 15.5. The van der Waals surface area contributed by atoms with Crippen LogP contribution in [0.3, 0.4) is 0 Å². The van der Waals surface area contributed by atoms with E-state index >= 15 is 0 Å². The molecule has 26 heavy (non-hydrogen) atoms. The summed E-state index contributed by atoms with van der Waals surface area (Å²) in [5.41, 5.74) is 2.02. The lowest BCUT2D eigenvalue weighted by atomic mass is 10.1. The van der Waals surface area contributed by atoms with Crippen LogP contribution in [0.15, 0.2) is 23.1 Å². The van der Waals surface area contributed by atoms with E-state index < -0.39 is 10.0 Å². The number of piperazine rings is 1. The van der Waals surface area contributed by atoms with Crippen molar-refractivity contribution in [1.82, 2.24) is 14.5 Å². The lowest BCUT2D eigenvalue weighted by Gasteiger charge is -2.29. The summed E-state index contributed by atoms with van der Waals surface area (Å²) < 4.78 is 27.6. The molecular formula is C19H31N3O3S. The fraction of sp³-hybridized carbons (Fsp3) is 0.632. The summed E-state index contributed by atoms with van der Waals surface area (Å²) in [5.74, 6) is 0.0308. The van der Waals surface area contributed by atoms with Gasteiger partial charge in [0.2, 0.25) is 15.9 Å². The van der Waals surface area contributed by atoms with Gasteiger partial charge in [0.1, 0.15) is 0 Å². The van der Waals surface area contributed by atoms with Gasteiger partial charge in [-0.1, -0.05) is 19.4 Å². The zero-order valence-corrected chi connectivity index (χ0v) is 16.9. The topological polar surface area (TPSA) is 69.7 Å². The molecule has 1 N–H and O–H groups in total. The van der Waals surface area contributed by atoms with Crippen molar-refractivity contribution >= 4 is 15.9 Å². The molecule has 0 bridgehead atoms. The number of nitrogens with zero attached hydrogens (tertiary/aromatic N) is 2. The quantitative estimate of drug-likeness (QED) is 0.747. The Bertz CT molecular complexity index is 713. The van der Waals surface area contributed by atoms with E-state index in [1.807, 2.05) is 31.7 Å². The van der Waals surface area contributed by atoms with Gasteiger partial charge in [-0.15, -0.1) is 0 Å². The number of hydrogen-bond acceptors (Lipinski definition) is 4. The van der Waals surface area contributed by atoms with Crippen LogP contribution in [0.4, 0.5) is 0 Å². The number of nitrogens with one attached hydrogen (secondary N) is 1. The minimum Gasteiger partial charge on any atom is -0.340 e. The van der Waals surface area contributed by atoms with Crippen LogP contribution in [-0.4, -0.2) is 62.8 Å². The maximum absolute atomic E-state index is 13.1. The third-order valence-corrected chi connectivity index (χ3v) is 6.82. The van der Waals surface area contributed by atoms with Crippen molar-refractivity contribution in [2.24, 2.45) is 0 Å². The van der Waals surface area contributed by atoms with Crippen LogP contribution >= 0.6 is 0 Å². The summed E-state index contributed by atoms with van der Waals surface area (Å²) >= 11 is 0. The molecule has 1 amide bonds. The predicted molar refractivity (Wildman–Crippen MR) is 104 cm³/mol. The van der Waals surface area contributed by atoms with Crippen LogP contribution in [0.1, 0.15) is 37.3 Å². The number of carbonyl (C=O) groups is 1. The second kappa shape index (κ2) is 9.48. The number of sulfonamides is 1. The zero-order chi connectivity index (χ0) is 19.2. The first-order chi connectivity index (χ1) is 12.4. The molecule has 1 aliphatic rings. The zero-order valence-electron chi connectivity index (χ0n) is 16.1. The molecule has 0 radical (unpaired) electrons. The molecule has 1 heterocycles. The lowest BCUT2D eigenvalue weighted by molar-refractivity contribution is -0.131. The van der Waals surface area contributed by atoms with Crippen LogP contribution in [0.5, 0.6) is 0 Å². The van der Waals surface area contributed by atoms with Gasteiger partial charge in [-0.25, -0.2) is 8.42 Å². The van der Waals surface area contributed by atoms with Crippen molar-refractivity contribution in [2.45, 2.75) is 44.9 Å². The maximum Gasteiger partial charge on any atom is 0.243 e. The van der Waals surface area contributed by atoms with Gasteiger partial charge in [-0.05, 0) is 43.5 Å². The van der Waals surface area contributed by atoms with Gasteiger partial charge in [0, 0.05) is 45.7 Å². The fourth-order valence-corrected chi connectivity index (χ4v) is 4.57. The number of aryl methyl sites for hydroxylation is 2. The van der Waals surface area contributed by atoms with Crippen LogP contribution in [0.25, 0.3) is 0 Å². The first-order valence-corrected chi connectivity index (χ1v) is 10.9. The van der Waals surface area contributed by atoms with E-state index in [1.54, 1.807) is 12.1 Å². The summed E-state index contributed by atoms with van der Waals surface area (Å²) in [6, 6.07) is 5.22. The Morgan fingerprint density at radius 1 is 1.15 bits per heavy atom. The van der Waals surface area contributed by atoms with Gasteiger partial charge in [0.25, 0.3) is 0 Å². The molecule has 1 aliphatic heterocycles. The third kappa shape index (κ3) is 5.28. The Hall–Kier alpha value is -1.44. The Balaban J connectivity index is 2.11. The Labute approximate surface area is 157 Å². The summed E-state index contributed by atoms with van der Waals surface area (Å²) in [4.78, 5) is 14.5. The van der Waals surface area contributed by atoms with E-state index in [0.717, 1.165) is 37.1 Å². The molecule has 6 nitrogen and oxygen atoms in total. The largest absolute Gasteiger partial charge is 0.340 e. The van der Waals surface area contributed by atoms with Crippen LogP contribution in [-0.2, 0) is 14.8 Å². The Morgan fingerprint density at radius 3 is 2.46 bits per heavy atom. The highest BCUT2D eigenvalue weighted by atomic mass is 32.2. The average molecular weight is 382 g/mol. The molecule has 0 atom stereocenters. The highest BCUT2D eigenvalue weighted by Gasteiger charge is 2.26. The minimum absolute atomic E-state index is 0.0308. The average Bonchev–Trinajstić information content (AvgIpc) is 2.64. The molecule has 1 aromatic rings. The molecule has 0 saturated carbocycles. The highest BCUT2D eigenvalue weighted by Crippen LogP contribution is 2.20. The number of benzene rings is 1. The van der Waals surface area contributed by atoms with E-state index in [9.17, 15) is 13.2 Å². The molecule has 1 saturated heterocycles. The summed E-state index contributed by atoms with van der Waals surface area (Å²) in [7, 11) is -3.59. The van der Waals surface area contributed by atoms with E-state index in [2.05, 4.69) is 5.32 Å². The first kappa shape index (κ1) is 20.9. The molecule has 146 valence electrons. The summed E-state index contributed by atoms with van der Waals surface area (Å²) in [6.07, 6.45) is 1.92. The van der Waals surface area contributed by atoms with Crippen molar-refractivity contribution in [3.8, 4) is 0 Å². The fourth-order valence-electron chi connectivity index (χ4n) is 3.00. The van der Waals surface area contributed by atoms with Gasteiger partial charge in [0.05, 0.1) is 4.90 Å². The first-order valence-electron chi connectivity index (χ1n) is 9.42. The SMILES string of the molecule is CCCCN(CCC(=O)N1CCNCC1)S(=O)(=O)c1ccc(C)c(C)c1. The van der Waals surface area contributed by atoms with Crippen molar-refractivity contribution in [2.75, 3.05) is 39.3 Å². The molecule has 7 heteroatoms. The van der Waals surface area contributed by atoms with Gasteiger partial charge in [-0.2, -0.15) is 4.31 Å². The summed E-state index contributed by atoms with van der Waals surface area (Å²) in [5, 5.41) is 3.22. The molecule has 1 fully saturated rings. The molecule has 1 aromatic carbocycles. The lowest BCUT2D eigenvalue weighted by Crippen LogP contribution is -2.47. The smallest absolute Gasteiger partial charge is 0.243 e. The minimum atomic E-state index is -3.59. The molecule has 0 unspecified atom stereocenters. The van der Waals surface area contributed by atoms with Crippen molar-refractivity contribution in [3.05, 3.63) is 29.3 Å². The van der Waals surface area contributed by atoms with Gasteiger partial charge in [-0.3, -0.25) is 4.79 Å². The number of amides is 1. The molecular weight excluding hydrogens is 350 g/mol. The van der Waals surface area contributed by atoms with Crippen molar-refractivity contribution in [1.29, 1.82) is 0 Å². The number of carbonyl (C=O) groups excluding carboxylic acids is 1. The van der Waals surface area contributed by atoms with Crippen LogP contribution in [0, 0.1) is 13.8 Å².